The fourth-order valence-electron chi connectivity index (χ4n) is 2.75. The van der Waals surface area contributed by atoms with Crippen LogP contribution in [-0.4, -0.2) is 18.9 Å². The van der Waals surface area contributed by atoms with Gasteiger partial charge in [-0.05, 0) is 72.0 Å². The molecule has 148 valence electrons. The van der Waals surface area contributed by atoms with Crippen molar-refractivity contribution in [2.75, 3.05) is 7.05 Å². The van der Waals surface area contributed by atoms with Gasteiger partial charge >= 0.3 is 0 Å². The Bertz CT molecular complexity index is 1020. The van der Waals surface area contributed by atoms with E-state index >= 15 is 0 Å². The Morgan fingerprint density at radius 2 is 1.59 bits per heavy atom. The predicted molar refractivity (Wildman–Crippen MR) is 113 cm³/mol. The summed E-state index contributed by atoms with van der Waals surface area (Å²) in [5.41, 5.74) is 5.07. The van der Waals surface area contributed by atoms with Crippen LogP contribution >= 0.6 is 11.9 Å². The van der Waals surface area contributed by atoms with Crippen molar-refractivity contribution < 1.29 is 14.0 Å². The third-order valence-corrected chi connectivity index (χ3v) is 5.00. The molecule has 3 aromatic carbocycles. The lowest BCUT2D eigenvalue weighted by Crippen LogP contribution is -2.33. The minimum Gasteiger partial charge on any atom is -0.355 e. The van der Waals surface area contributed by atoms with Gasteiger partial charge in [-0.1, -0.05) is 30.3 Å². The van der Waals surface area contributed by atoms with Crippen LogP contribution < -0.4 is 15.6 Å². The van der Waals surface area contributed by atoms with Gasteiger partial charge in [-0.3, -0.25) is 15.0 Å². The average Bonchev–Trinajstić information content (AvgIpc) is 2.76. The maximum atomic E-state index is 14.5. The first kappa shape index (κ1) is 20.6. The quantitative estimate of drug-likeness (QED) is 0.423. The topological polar surface area (TPSA) is 70.2 Å². The minimum absolute atomic E-state index is 0.0353. The molecule has 0 unspecified atom stereocenters. The van der Waals surface area contributed by atoms with E-state index in [1.807, 2.05) is 30.3 Å². The maximum absolute atomic E-state index is 14.5. The number of aryl methyl sites for hydroxylation is 1. The standard InChI is InChI=1S/C22H20FN3O2S/c1-14-12-17(15-6-4-3-5-7-15)13-19(20(14)23)22(28)25-26-29-18-10-8-16(9-11-18)21(27)24-2/h3-13,26H,1-2H3,(H,24,27)(H,25,28). The summed E-state index contributed by atoms with van der Waals surface area (Å²) in [4.78, 5) is 27.5. The van der Waals surface area contributed by atoms with Gasteiger partial charge in [-0.2, -0.15) is 4.83 Å². The van der Waals surface area contributed by atoms with E-state index in [1.165, 1.54) is 6.07 Å². The Morgan fingerprint density at radius 1 is 0.897 bits per heavy atom. The Labute approximate surface area is 172 Å². The summed E-state index contributed by atoms with van der Waals surface area (Å²) in [6.45, 7) is 1.63. The summed E-state index contributed by atoms with van der Waals surface area (Å²) in [6.07, 6.45) is 0. The van der Waals surface area contributed by atoms with Crippen LogP contribution in [0.15, 0.2) is 71.6 Å². The van der Waals surface area contributed by atoms with Crippen LogP contribution in [0.5, 0.6) is 0 Å². The molecule has 0 aliphatic carbocycles. The van der Waals surface area contributed by atoms with Crippen molar-refractivity contribution in [3.05, 3.63) is 89.2 Å². The molecule has 0 atom stereocenters. The van der Waals surface area contributed by atoms with E-state index < -0.39 is 11.7 Å². The van der Waals surface area contributed by atoms with Crippen LogP contribution in [0, 0.1) is 12.7 Å². The summed E-state index contributed by atoms with van der Waals surface area (Å²) >= 11 is 1.15. The third-order valence-electron chi connectivity index (χ3n) is 4.28. The fourth-order valence-corrected chi connectivity index (χ4v) is 3.28. The maximum Gasteiger partial charge on any atom is 0.269 e. The first-order valence-corrected chi connectivity index (χ1v) is 9.71. The van der Waals surface area contributed by atoms with Crippen LogP contribution in [0.2, 0.25) is 0 Å². The first-order valence-electron chi connectivity index (χ1n) is 8.89. The molecular weight excluding hydrogens is 389 g/mol. The summed E-state index contributed by atoms with van der Waals surface area (Å²) < 4.78 is 14.5. The lowest BCUT2D eigenvalue weighted by molar-refractivity contribution is 0.0940. The molecule has 3 rings (SSSR count). The van der Waals surface area contributed by atoms with Crippen molar-refractivity contribution >= 4 is 23.8 Å². The molecule has 0 saturated heterocycles. The van der Waals surface area contributed by atoms with E-state index in [1.54, 1.807) is 44.3 Å². The smallest absolute Gasteiger partial charge is 0.269 e. The first-order chi connectivity index (χ1) is 14.0. The van der Waals surface area contributed by atoms with E-state index in [2.05, 4.69) is 15.6 Å². The molecule has 0 heterocycles. The second-order valence-corrected chi connectivity index (χ2v) is 7.16. The number of halogens is 1. The molecule has 0 aliphatic heterocycles. The highest BCUT2D eigenvalue weighted by Gasteiger charge is 2.16. The number of rotatable bonds is 6. The van der Waals surface area contributed by atoms with E-state index in [-0.39, 0.29) is 11.5 Å². The van der Waals surface area contributed by atoms with Gasteiger partial charge in [0, 0.05) is 17.5 Å². The number of hydrogen-bond donors (Lipinski definition) is 3. The van der Waals surface area contributed by atoms with Crippen LogP contribution in [0.3, 0.4) is 0 Å². The second-order valence-electron chi connectivity index (χ2n) is 6.28. The molecule has 0 bridgehead atoms. The van der Waals surface area contributed by atoms with E-state index in [0.29, 0.717) is 11.1 Å². The largest absolute Gasteiger partial charge is 0.355 e. The SMILES string of the molecule is CNC(=O)c1ccc(SNNC(=O)c2cc(-c3ccccc3)cc(C)c2F)cc1. The molecule has 3 aromatic rings. The normalized spacial score (nSPS) is 10.4. The average molecular weight is 409 g/mol. The summed E-state index contributed by atoms with van der Waals surface area (Å²) in [7, 11) is 1.57. The van der Waals surface area contributed by atoms with Gasteiger partial charge in [-0.25, -0.2) is 4.39 Å². The Balaban J connectivity index is 1.68. The van der Waals surface area contributed by atoms with Crippen LogP contribution in [0.1, 0.15) is 26.3 Å². The Hall–Kier alpha value is -3.16. The zero-order valence-electron chi connectivity index (χ0n) is 16.0. The summed E-state index contributed by atoms with van der Waals surface area (Å²) in [6, 6.07) is 19.6. The van der Waals surface area contributed by atoms with Crippen molar-refractivity contribution in [2.45, 2.75) is 11.8 Å². The van der Waals surface area contributed by atoms with Crippen LogP contribution in [0.25, 0.3) is 11.1 Å². The molecule has 2 amide bonds. The predicted octanol–water partition coefficient (Wildman–Crippen LogP) is 4.10. The van der Waals surface area contributed by atoms with Gasteiger partial charge in [0.25, 0.3) is 11.8 Å². The highest BCUT2D eigenvalue weighted by atomic mass is 32.2. The van der Waals surface area contributed by atoms with E-state index in [0.717, 1.165) is 28.0 Å². The summed E-state index contributed by atoms with van der Waals surface area (Å²) in [5, 5.41) is 2.55. The van der Waals surface area contributed by atoms with E-state index in [4.69, 9.17) is 0 Å². The number of carbonyl (C=O) groups excluding carboxylic acids is 2. The van der Waals surface area contributed by atoms with Gasteiger partial charge in [-0.15, -0.1) is 0 Å². The van der Waals surface area contributed by atoms with Gasteiger partial charge in [0.2, 0.25) is 0 Å². The van der Waals surface area contributed by atoms with Crippen LogP contribution in [0.4, 0.5) is 4.39 Å². The highest BCUT2D eigenvalue weighted by molar-refractivity contribution is 7.97. The minimum atomic E-state index is -0.571. The van der Waals surface area contributed by atoms with Gasteiger partial charge < -0.3 is 5.32 Å². The molecular formula is C22H20FN3O2S. The monoisotopic (exact) mass is 409 g/mol. The van der Waals surface area contributed by atoms with Crippen molar-refractivity contribution in [2.24, 2.45) is 0 Å². The zero-order valence-corrected chi connectivity index (χ0v) is 16.8. The molecule has 0 saturated carbocycles. The molecule has 0 aromatic heterocycles. The molecule has 29 heavy (non-hydrogen) atoms. The van der Waals surface area contributed by atoms with Gasteiger partial charge in [0.15, 0.2) is 0 Å². The third kappa shape index (κ3) is 5.01. The molecule has 0 spiro atoms. The molecule has 0 fully saturated rings. The fraction of sp³-hybridized carbons (Fsp3) is 0.0909. The van der Waals surface area contributed by atoms with Gasteiger partial charge in [0.1, 0.15) is 5.82 Å². The molecule has 7 heteroatoms. The van der Waals surface area contributed by atoms with Crippen molar-refractivity contribution in [1.29, 1.82) is 0 Å². The van der Waals surface area contributed by atoms with Crippen molar-refractivity contribution in [3.63, 3.8) is 0 Å². The number of nitrogens with one attached hydrogen (secondary N) is 3. The molecule has 0 radical (unpaired) electrons. The summed E-state index contributed by atoms with van der Waals surface area (Å²) in [5.74, 6) is -1.30. The molecule has 3 N–H and O–H groups in total. The molecule has 0 aliphatic rings. The van der Waals surface area contributed by atoms with E-state index in [9.17, 15) is 14.0 Å². The number of carbonyl (C=O) groups is 2. The highest BCUT2D eigenvalue weighted by Crippen LogP contribution is 2.25. The lowest BCUT2D eigenvalue weighted by Gasteiger charge is -2.11. The Kier molecular flexibility index (Phi) is 6.64. The number of amides is 2. The molecule has 5 nitrogen and oxygen atoms in total. The number of benzene rings is 3. The van der Waals surface area contributed by atoms with Gasteiger partial charge in [0.05, 0.1) is 5.56 Å². The number of hydrazine groups is 1. The number of hydrogen-bond acceptors (Lipinski definition) is 4. The van der Waals surface area contributed by atoms with Crippen LogP contribution in [-0.2, 0) is 0 Å². The Morgan fingerprint density at radius 3 is 2.24 bits per heavy atom. The zero-order chi connectivity index (χ0) is 20.8. The van der Waals surface area contributed by atoms with Crippen molar-refractivity contribution in [3.8, 4) is 11.1 Å². The second kappa shape index (κ2) is 9.36. The van der Waals surface area contributed by atoms with Crippen molar-refractivity contribution in [1.82, 2.24) is 15.6 Å². The lowest BCUT2D eigenvalue weighted by atomic mass is 9.99.